The molecule has 3 rings (SSSR count). The number of amides is 1. The maximum absolute atomic E-state index is 12.2. The number of rotatable bonds is 4. The van der Waals surface area contributed by atoms with Crippen molar-refractivity contribution >= 4 is 23.5 Å². The van der Waals surface area contributed by atoms with Crippen molar-refractivity contribution in [1.29, 1.82) is 0 Å². The van der Waals surface area contributed by atoms with Crippen LogP contribution in [0.15, 0.2) is 24.3 Å². The number of aliphatic carboxylic acids is 1. The van der Waals surface area contributed by atoms with E-state index in [-0.39, 0.29) is 17.7 Å². The Morgan fingerprint density at radius 2 is 2.00 bits per heavy atom. The maximum Gasteiger partial charge on any atom is 0.329 e. The van der Waals surface area contributed by atoms with Crippen LogP contribution < -0.4 is 5.32 Å². The van der Waals surface area contributed by atoms with Crippen LogP contribution in [0, 0.1) is 5.92 Å². The van der Waals surface area contributed by atoms with Crippen molar-refractivity contribution in [2.24, 2.45) is 5.92 Å². The average Bonchev–Trinajstić information content (AvgIpc) is 3.13. The predicted octanol–water partition coefficient (Wildman–Crippen LogP) is 2.57. The van der Waals surface area contributed by atoms with E-state index in [1.165, 1.54) is 0 Å². The molecule has 0 unspecified atom stereocenters. The molecule has 20 heavy (non-hydrogen) atoms. The van der Waals surface area contributed by atoms with Crippen LogP contribution >= 0.6 is 11.6 Å². The summed E-state index contributed by atoms with van der Waals surface area (Å²) < 4.78 is 0. The number of carboxylic acids is 1. The predicted molar refractivity (Wildman–Crippen MR) is 74.7 cm³/mol. The van der Waals surface area contributed by atoms with Gasteiger partial charge in [-0.3, -0.25) is 4.79 Å². The molecule has 2 atom stereocenters. The van der Waals surface area contributed by atoms with Crippen LogP contribution in [0.5, 0.6) is 0 Å². The van der Waals surface area contributed by atoms with Crippen molar-refractivity contribution in [2.75, 3.05) is 0 Å². The number of carboxylic acid groups (broad SMARTS) is 1. The molecule has 106 valence electrons. The molecule has 2 aliphatic carbocycles. The van der Waals surface area contributed by atoms with Crippen LogP contribution in [0.25, 0.3) is 0 Å². The third kappa shape index (κ3) is 2.18. The summed E-state index contributed by atoms with van der Waals surface area (Å²) in [6.07, 6.45) is 2.64. The first-order valence-corrected chi connectivity index (χ1v) is 7.21. The van der Waals surface area contributed by atoms with Crippen molar-refractivity contribution in [3.05, 3.63) is 34.9 Å². The summed E-state index contributed by atoms with van der Waals surface area (Å²) in [5, 5.41) is 12.6. The molecule has 0 aliphatic heterocycles. The van der Waals surface area contributed by atoms with Gasteiger partial charge in [-0.2, -0.15) is 0 Å². The van der Waals surface area contributed by atoms with E-state index in [4.69, 9.17) is 11.6 Å². The van der Waals surface area contributed by atoms with Crippen LogP contribution in [-0.4, -0.2) is 22.5 Å². The highest BCUT2D eigenvalue weighted by Gasteiger charge is 2.51. The average molecular weight is 294 g/mol. The van der Waals surface area contributed by atoms with Gasteiger partial charge in [0.2, 0.25) is 5.91 Å². The molecular weight excluding hydrogens is 278 g/mol. The lowest BCUT2D eigenvalue weighted by Gasteiger charge is -2.38. The zero-order valence-corrected chi connectivity index (χ0v) is 11.7. The van der Waals surface area contributed by atoms with E-state index in [1.54, 1.807) is 0 Å². The second-order valence-electron chi connectivity index (χ2n) is 5.70. The van der Waals surface area contributed by atoms with Crippen molar-refractivity contribution < 1.29 is 14.7 Å². The van der Waals surface area contributed by atoms with Gasteiger partial charge in [0.25, 0.3) is 0 Å². The Morgan fingerprint density at radius 3 is 2.55 bits per heavy atom. The number of nitrogens with one attached hydrogen (secondary N) is 1. The molecule has 2 N–H and O–H groups in total. The lowest BCUT2D eigenvalue weighted by Crippen LogP contribution is -2.59. The molecule has 1 aromatic rings. The summed E-state index contributed by atoms with van der Waals surface area (Å²) in [7, 11) is 0. The second-order valence-corrected chi connectivity index (χ2v) is 6.11. The lowest BCUT2D eigenvalue weighted by molar-refractivity contribution is -0.152. The van der Waals surface area contributed by atoms with Crippen LogP contribution in [0.2, 0.25) is 5.02 Å². The molecule has 0 aromatic heterocycles. The minimum absolute atomic E-state index is 0.120. The SMILES string of the molecule is O=C(NC1(C(=O)O)CCC1)[C@@H]1C[C@H]1c1ccccc1Cl. The van der Waals surface area contributed by atoms with Crippen molar-refractivity contribution in [2.45, 2.75) is 37.1 Å². The Labute approximate surface area is 122 Å². The minimum atomic E-state index is -1.02. The summed E-state index contributed by atoms with van der Waals surface area (Å²) in [6, 6.07) is 7.50. The standard InChI is InChI=1S/C15H16ClNO3/c16-12-5-2-1-4-9(12)10-8-11(10)13(18)17-15(14(19)20)6-3-7-15/h1-2,4-5,10-11H,3,6-8H2,(H,17,18)(H,19,20)/t10-,11+/m0/s1. The molecule has 0 bridgehead atoms. The van der Waals surface area contributed by atoms with E-state index < -0.39 is 11.5 Å². The molecule has 5 heteroatoms. The van der Waals surface area contributed by atoms with Gasteiger partial charge in [0.15, 0.2) is 0 Å². The largest absolute Gasteiger partial charge is 0.480 e. The monoisotopic (exact) mass is 293 g/mol. The molecule has 2 aliphatic rings. The molecule has 4 nitrogen and oxygen atoms in total. The summed E-state index contributed by atoms with van der Waals surface area (Å²) >= 11 is 6.13. The summed E-state index contributed by atoms with van der Waals surface area (Å²) in [5.74, 6) is -1.11. The highest BCUT2D eigenvalue weighted by molar-refractivity contribution is 6.31. The zero-order valence-electron chi connectivity index (χ0n) is 10.9. The molecule has 0 radical (unpaired) electrons. The van der Waals surface area contributed by atoms with Gasteiger partial charge in [0.05, 0.1) is 0 Å². The smallest absolute Gasteiger partial charge is 0.329 e. The summed E-state index contributed by atoms with van der Waals surface area (Å²) in [6.45, 7) is 0. The van der Waals surface area contributed by atoms with E-state index >= 15 is 0 Å². The molecule has 0 saturated heterocycles. The summed E-state index contributed by atoms with van der Waals surface area (Å²) in [4.78, 5) is 23.4. The van der Waals surface area contributed by atoms with Crippen LogP contribution in [0.4, 0.5) is 0 Å². The van der Waals surface area contributed by atoms with E-state index in [1.807, 2.05) is 24.3 Å². The van der Waals surface area contributed by atoms with E-state index in [0.29, 0.717) is 17.9 Å². The number of benzene rings is 1. The molecule has 2 saturated carbocycles. The third-order valence-electron chi connectivity index (χ3n) is 4.41. The second kappa shape index (κ2) is 4.77. The van der Waals surface area contributed by atoms with Gasteiger partial charge < -0.3 is 10.4 Å². The maximum atomic E-state index is 12.2. The molecule has 0 heterocycles. The fraction of sp³-hybridized carbons (Fsp3) is 0.467. The number of carbonyl (C=O) groups is 2. The van der Waals surface area contributed by atoms with Gasteiger partial charge >= 0.3 is 5.97 Å². The van der Waals surface area contributed by atoms with Crippen molar-refractivity contribution in [1.82, 2.24) is 5.32 Å². The van der Waals surface area contributed by atoms with Gasteiger partial charge in [0.1, 0.15) is 5.54 Å². The number of hydrogen-bond donors (Lipinski definition) is 2. The Kier molecular flexibility index (Phi) is 3.21. The zero-order chi connectivity index (χ0) is 14.3. The topological polar surface area (TPSA) is 66.4 Å². The van der Waals surface area contributed by atoms with Crippen LogP contribution in [-0.2, 0) is 9.59 Å². The Balaban J connectivity index is 1.66. The lowest BCUT2D eigenvalue weighted by atomic mass is 9.76. The first kappa shape index (κ1) is 13.4. The molecule has 0 spiro atoms. The van der Waals surface area contributed by atoms with E-state index in [0.717, 1.165) is 18.4 Å². The van der Waals surface area contributed by atoms with Crippen molar-refractivity contribution in [3.63, 3.8) is 0 Å². The number of hydrogen-bond acceptors (Lipinski definition) is 2. The quantitative estimate of drug-likeness (QED) is 0.896. The fourth-order valence-corrected chi connectivity index (χ4v) is 3.13. The van der Waals surface area contributed by atoms with Gasteiger partial charge in [0, 0.05) is 10.9 Å². The Morgan fingerprint density at radius 1 is 1.30 bits per heavy atom. The minimum Gasteiger partial charge on any atom is -0.480 e. The number of carbonyl (C=O) groups excluding carboxylic acids is 1. The highest BCUT2D eigenvalue weighted by Crippen LogP contribution is 2.50. The molecule has 2 fully saturated rings. The number of halogens is 1. The highest BCUT2D eigenvalue weighted by atomic mass is 35.5. The van der Waals surface area contributed by atoms with Gasteiger partial charge in [-0.15, -0.1) is 0 Å². The van der Waals surface area contributed by atoms with E-state index in [2.05, 4.69) is 5.32 Å². The third-order valence-corrected chi connectivity index (χ3v) is 4.76. The molecule has 1 amide bonds. The fourth-order valence-electron chi connectivity index (χ4n) is 2.86. The van der Waals surface area contributed by atoms with Crippen LogP contribution in [0.1, 0.15) is 37.2 Å². The van der Waals surface area contributed by atoms with Crippen LogP contribution in [0.3, 0.4) is 0 Å². The first-order chi connectivity index (χ1) is 9.53. The first-order valence-electron chi connectivity index (χ1n) is 6.83. The summed E-state index contributed by atoms with van der Waals surface area (Å²) in [5.41, 5.74) is -0.0441. The normalized spacial score (nSPS) is 26.4. The Hall–Kier alpha value is -1.55. The Bertz CT molecular complexity index is 568. The molecular formula is C15H16ClNO3. The van der Waals surface area contributed by atoms with Gasteiger partial charge in [-0.1, -0.05) is 29.8 Å². The molecule has 1 aromatic carbocycles. The van der Waals surface area contributed by atoms with E-state index in [9.17, 15) is 14.7 Å². The van der Waals surface area contributed by atoms with Gasteiger partial charge in [-0.05, 0) is 43.2 Å². The van der Waals surface area contributed by atoms with Crippen molar-refractivity contribution in [3.8, 4) is 0 Å². The van der Waals surface area contributed by atoms with Gasteiger partial charge in [-0.25, -0.2) is 4.79 Å².